The summed E-state index contributed by atoms with van der Waals surface area (Å²) >= 11 is 0. The number of carbonyl (C=O) groups excluding carboxylic acids is 1. The minimum absolute atomic E-state index is 0.186. The lowest BCUT2D eigenvalue weighted by atomic mass is 10.1. The third kappa shape index (κ3) is 2.08. The molecule has 17 heavy (non-hydrogen) atoms. The number of nitrogens with two attached hydrogens (primary N) is 2. The maximum atomic E-state index is 12.2. The number of pyridine rings is 2. The van der Waals surface area contributed by atoms with Gasteiger partial charge in [0.1, 0.15) is 11.5 Å². The summed E-state index contributed by atoms with van der Waals surface area (Å²) in [6, 6.07) is 4.97. The Morgan fingerprint density at radius 3 is 2.76 bits per heavy atom. The molecule has 0 saturated carbocycles. The first-order chi connectivity index (χ1) is 8.09. The van der Waals surface area contributed by atoms with E-state index in [9.17, 15) is 4.79 Å². The standard InChI is InChI=1S/C12H12N4O/c1-7-5-8(12(14)16-6-7)11(17)10-9(13)3-2-4-15-10/h2-6H,13H2,1H3,(H2,14,16). The van der Waals surface area contributed by atoms with Crippen molar-refractivity contribution in [3.05, 3.63) is 47.4 Å². The highest BCUT2D eigenvalue weighted by Gasteiger charge is 2.17. The van der Waals surface area contributed by atoms with Crippen molar-refractivity contribution in [2.75, 3.05) is 11.5 Å². The summed E-state index contributed by atoms with van der Waals surface area (Å²) in [5, 5.41) is 0. The van der Waals surface area contributed by atoms with Gasteiger partial charge in [-0.3, -0.25) is 9.78 Å². The number of aromatic nitrogens is 2. The summed E-state index contributed by atoms with van der Waals surface area (Å²) in [6.07, 6.45) is 3.12. The van der Waals surface area contributed by atoms with Gasteiger partial charge in [-0.1, -0.05) is 0 Å². The number of hydrogen-bond donors (Lipinski definition) is 2. The average Bonchev–Trinajstić information content (AvgIpc) is 2.32. The summed E-state index contributed by atoms with van der Waals surface area (Å²) in [4.78, 5) is 20.1. The van der Waals surface area contributed by atoms with E-state index < -0.39 is 0 Å². The van der Waals surface area contributed by atoms with Crippen molar-refractivity contribution in [3.8, 4) is 0 Å². The fraction of sp³-hybridized carbons (Fsp3) is 0.0833. The normalized spacial score (nSPS) is 10.2. The van der Waals surface area contributed by atoms with E-state index in [1.807, 2.05) is 6.92 Å². The van der Waals surface area contributed by atoms with Crippen LogP contribution in [0.1, 0.15) is 21.6 Å². The molecule has 0 atom stereocenters. The second kappa shape index (κ2) is 4.21. The van der Waals surface area contributed by atoms with Crippen LogP contribution in [0.4, 0.5) is 11.5 Å². The molecule has 0 aromatic carbocycles. The molecule has 0 unspecified atom stereocenters. The molecule has 2 aromatic rings. The number of carbonyl (C=O) groups is 1. The predicted molar refractivity (Wildman–Crippen MR) is 65.5 cm³/mol. The van der Waals surface area contributed by atoms with Crippen LogP contribution in [-0.4, -0.2) is 15.8 Å². The lowest BCUT2D eigenvalue weighted by Gasteiger charge is -2.06. The van der Waals surface area contributed by atoms with Gasteiger partial charge in [0.25, 0.3) is 0 Å². The van der Waals surface area contributed by atoms with Gasteiger partial charge in [-0.2, -0.15) is 0 Å². The minimum Gasteiger partial charge on any atom is -0.397 e. The second-order valence-corrected chi connectivity index (χ2v) is 3.72. The second-order valence-electron chi connectivity index (χ2n) is 3.72. The first kappa shape index (κ1) is 11.1. The van der Waals surface area contributed by atoms with Crippen molar-refractivity contribution in [1.82, 2.24) is 9.97 Å². The van der Waals surface area contributed by atoms with E-state index in [2.05, 4.69) is 9.97 Å². The molecule has 0 spiro atoms. The van der Waals surface area contributed by atoms with E-state index in [1.165, 1.54) is 6.20 Å². The summed E-state index contributed by atoms with van der Waals surface area (Å²) < 4.78 is 0. The predicted octanol–water partition coefficient (Wildman–Crippen LogP) is 1.18. The van der Waals surface area contributed by atoms with Crippen molar-refractivity contribution in [2.24, 2.45) is 0 Å². The smallest absolute Gasteiger partial charge is 0.217 e. The molecule has 2 heterocycles. The molecule has 0 amide bonds. The zero-order valence-corrected chi connectivity index (χ0v) is 9.34. The van der Waals surface area contributed by atoms with E-state index >= 15 is 0 Å². The molecular weight excluding hydrogens is 216 g/mol. The van der Waals surface area contributed by atoms with Crippen molar-refractivity contribution in [1.29, 1.82) is 0 Å². The summed E-state index contributed by atoms with van der Waals surface area (Å²) in [7, 11) is 0. The van der Waals surface area contributed by atoms with E-state index in [1.54, 1.807) is 24.4 Å². The monoisotopic (exact) mass is 228 g/mol. The zero-order valence-electron chi connectivity index (χ0n) is 9.34. The number of ketones is 1. The van der Waals surface area contributed by atoms with Gasteiger partial charge in [0.05, 0.1) is 11.3 Å². The molecule has 2 rings (SSSR count). The molecular formula is C12H12N4O. The Balaban J connectivity index is 2.51. The third-order valence-electron chi connectivity index (χ3n) is 2.35. The van der Waals surface area contributed by atoms with Crippen LogP contribution in [-0.2, 0) is 0 Å². The van der Waals surface area contributed by atoms with Gasteiger partial charge in [-0.05, 0) is 30.7 Å². The number of aryl methyl sites for hydroxylation is 1. The number of nitrogen functional groups attached to an aromatic ring is 2. The van der Waals surface area contributed by atoms with Gasteiger partial charge in [-0.25, -0.2) is 4.98 Å². The fourth-order valence-electron chi connectivity index (χ4n) is 1.50. The molecule has 0 bridgehead atoms. The molecule has 86 valence electrons. The van der Waals surface area contributed by atoms with Gasteiger partial charge in [0, 0.05) is 12.4 Å². The topological polar surface area (TPSA) is 94.9 Å². The van der Waals surface area contributed by atoms with Gasteiger partial charge < -0.3 is 11.5 Å². The minimum atomic E-state index is -0.309. The molecule has 0 saturated heterocycles. The number of hydrogen-bond acceptors (Lipinski definition) is 5. The molecule has 0 radical (unpaired) electrons. The molecule has 5 nitrogen and oxygen atoms in total. The van der Waals surface area contributed by atoms with Crippen LogP contribution >= 0.6 is 0 Å². The highest BCUT2D eigenvalue weighted by molar-refractivity contribution is 6.13. The Morgan fingerprint density at radius 2 is 2.06 bits per heavy atom. The van der Waals surface area contributed by atoms with Gasteiger partial charge in [-0.15, -0.1) is 0 Å². The number of nitrogens with zero attached hydrogens (tertiary/aromatic N) is 2. The first-order valence-corrected chi connectivity index (χ1v) is 5.07. The highest BCUT2D eigenvalue weighted by atomic mass is 16.1. The maximum Gasteiger partial charge on any atom is 0.217 e. The number of rotatable bonds is 2. The van der Waals surface area contributed by atoms with Gasteiger partial charge in [0.15, 0.2) is 0 Å². The largest absolute Gasteiger partial charge is 0.397 e. The zero-order chi connectivity index (χ0) is 12.4. The number of anilines is 2. The lowest BCUT2D eigenvalue weighted by Crippen LogP contribution is -2.11. The van der Waals surface area contributed by atoms with Crippen molar-refractivity contribution in [2.45, 2.75) is 6.92 Å². The Morgan fingerprint density at radius 1 is 1.29 bits per heavy atom. The molecule has 2 aromatic heterocycles. The Bertz CT molecular complexity index is 580. The van der Waals surface area contributed by atoms with Crippen molar-refractivity contribution < 1.29 is 4.79 Å². The summed E-state index contributed by atoms with van der Waals surface area (Å²) in [6.45, 7) is 1.84. The van der Waals surface area contributed by atoms with Crippen molar-refractivity contribution >= 4 is 17.3 Å². The SMILES string of the molecule is Cc1cnc(N)c(C(=O)c2ncccc2N)c1. The average molecular weight is 228 g/mol. The highest BCUT2D eigenvalue weighted by Crippen LogP contribution is 2.18. The first-order valence-electron chi connectivity index (χ1n) is 5.07. The molecule has 4 N–H and O–H groups in total. The van der Waals surface area contributed by atoms with Crippen LogP contribution in [0.5, 0.6) is 0 Å². The van der Waals surface area contributed by atoms with E-state index in [0.717, 1.165) is 5.56 Å². The van der Waals surface area contributed by atoms with Crippen LogP contribution in [0.2, 0.25) is 0 Å². The van der Waals surface area contributed by atoms with E-state index in [4.69, 9.17) is 11.5 Å². The van der Waals surface area contributed by atoms with E-state index in [0.29, 0.717) is 11.3 Å². The van der Waals surface area contributed by atoms with Crippen LogP contribution in [0.15, 0.2) is 30.6 Å². The molecule has 0 fully saturated rings. The van der Waals surface area contributed by atoms with Crippen LogP contribution < -0.4 is 11.5 Å². The lowest BCUT2D eigenvalue weighted by molar-refractivity contribution is 0.103. The quantitative estimate of drug-likeness (QED) is 0.752. The maximum absolute atomic E-state index is 12.2. The molecule has 0 aliphatic heterocycles. The Labute approximate surface area is 98.5 Å². The fourth-order valence-corrected chi connectivity index (χ4v) is 1.50. The Hall–Kier alpha value is -2.43. The van der Waals surface area contributed by atoms with Crippen LogP contribution in [0.25, 0.3) is 0 Å². The van der Waals surface area contributed by atoms with Gasteiger partial charge >= 0.3 is 0 Å². The van der Waals surface area contributed by atoms with Crippen molar-refractivity contribution in [3.63, 3.8) is 0 Å². The Kier molecular flexibility index (Phi) is 2.74. The van der Waals surface area contributed by atoms with Gasteiger partial charge in [0.2, 0.25) is 5.78 Å². The van der Waals surface area contributed by atoms with Crippen LogP contribution in [0.3, 0.4) is 0 Å². The summed E-state index contributed by atoms with van der Waals surface area (Å²) in [5.74, 6) is -0.123. The van der Waals surface area contributed by atoms with Crippen LogP contribution in [0, 0.1) is 6.92 Å². The third-order valence-corrected chi connectivity index (χ3v) is 2.35. The summed E-state index contributed by atoms with van der Waals surface area (Å²) in [5.41, 5.74) is 13.1. The van der Waals surface area contributed by atoms with E-state index in [-0.39, 0.29) is 17.3 Å². The molecule has 0 aliphatic carbocycles. The molecule has 5 heteroatoms. The molecule has 0 aliphatic rings.